The van der Waals surface area contributed by atoms with Crippen LogP contribution in [0.2, 0.25) is 0 Å². The number of thioether (sulfide) groups is 1. The molecule has 0 aliphatic rings. The van der Waals surface area contributed by atoms with Crippen LogP contribution in [0.5, 0.6) is 0 Å². The number of benzene rings is 1. The van der Waals surface area contributed by atoms with Crippen molar-refractivity contribution < 1.29 is 13.5 Å². The Morgan fingerprint density at radius 2 is 2.11 bits per heavy atom. The predicted octanol–water partition coefficient (Wildman–Crippen LogP) is 1.76. The Hall–Kier alpha value is -0.560. The Morgan fingerprint density at radius 1 is 1.42 bits per heavy atom. The van der Waals surface area contributed by atoms with Gasteiger partial charge in [0, 0.05) is 6.54 Å². The minimum absolute atomic E-state index is 0.155. The molecule has 1 rings (SSSR count). The highest BCUT2D eigenvalue weighted by Gasteiger charge is 2.18. The second-order valence-corrected chi connectivity index (χ2v) is 7.26. The molecule has 0 saturated carbocycles. The van der Waals surface area contributed by atoms with Gasteiger partial charge in [-0.25, -0.2) is 13.1 Å². The molecule has 0 amide bonds. The minimum Gasteiger partial charge on any atom is -0.392 e. The number of nitrogens with one attached hydrogen (secondary N) is 1. The predicted molar refractivity (Wildman–Crippen MR) is 79.8 cm³/mol. The first-order chi connectivity index (χ1) is 8.92. The molecule has 108 valence electrons. The summed E-state index contributed by atoms with van der Waals surface area (Å²) in [5.41, 5.74) is 1.25. The lowest BCUT2D eigenvalue weighted by Crippen LogP contribution is -2.29. The van der Waals surface area contributed by atoms with Gasteiger partial charge in [-0.2, -0.15) is 11.8 Å². The summed E-state index contributed by atoms with van der Waals surface area (Å²) in [5, 5.41) is 9.18. The average Bonchev–Trinajstić information content (AvgIpc) is 2.37. The van der Waals surface area contributed by atoms with Crippen LogP contribution in [0.15, 0.2) is 23.1 Å². The van der Waals surface area contributed by atoms with Gasteiger partial charge in [-0.1, -0.05) is 19.1 Å². The van der Waals surface area contributed by atoms with Crippen LogP contribution in [0.3, 0.4) is 0 Å². The fraction of sp³-hybridized carbons (Fsp3) is 0.538. The lowest BCUT2D eigenvalue weighted by molar-refractivity contribution is 0.280. The molecule has 0 aliphatic heterocycles. The summed E-state index contributed by atoms with van der Waals surface area (Å²) in [4.78, 5) is 0.246. The summed E-state index contributed by atoms with van der Waals surface area (Å²) < 4.78 is 27.1. The topological polar surface area (TPSA) is 66.4 Å². The highest BCUT2D eigenvalue weighted by molar-refractivity contribution is 7.98. The van der Waals surface area contributed by atoms with Crippen molar-refractivity contribution in [2.45, 2.75) is 25.3 Å². The molecule has 0 saturated heterocycles. The van der Waals surface area contributed by atoms with E-state index in [0.717, 1.165) is 5.75 Å². The molecule has 0 bridgehead atoms. The van der Waals surface area contributed by atoms with E-state index in [1.54, 1.807) is 36.9 Å². The second-order valence-electron chi connectivity index (χ2n) is 4.61. The van der Waals surface area contributed by atoms with E-state index >= 15 is 0 Å². The van der Waals surface area contributed by atoms with Crippen LogP contribution in [0.25, 0.3) is 0 Å². The van der Waals surface area contributed by atoms with Gasteiger partial charge in [-0.3, -0.25) is 0 Å². The Bertz CT molecular complexity index is 515. The maximum atomic E-state index is 12.2. The molecule has 1 aromatic rings. The minimum atomic E-state index is -3.51. The third-order valence-corrected chi connectivity index (χ3v) is 5.40. The van der Waals surface area contributed by atoms with Crippen molar-refractivity contribution in [3.8, 4) is 0 Å². The molecule has 0 aliphatic carbocycles. The zero-order chi connectivity index (χ0) is 14.5. The largest absolute Gasteiger partial charge is 0.392 e. The first kappa shape index (κ1) is 16.5. The van der Waals surface area contributed by atoms with E-state index in [9.17, 15) is 13.5 Å². The zero-order valence-corrected chi connectivity index (χ0v) is 13.1. The van der Waals surface area contributed by atoms with E-state index in [1.165, 1.54) is 0 Å². The van der Waals surface area contributed by atoms with E-state index in [0.29, 0.717) is 17.7 Å². The van der Waals surface area contributed by atoms with Gasteiger partial charge in [0.1, 0.15) is 0 Å². The van der Waals surface area contributed by atoms with Gasteiger partial charge in [0.25, 0.3) is 0 Å². The first-order valence-corrected chi connectivity index (χ1v) is 8.98. The van der Waals surface area contributed by atoms with Crippen LogP contribution >= 0.6 is 11.8 Å². The number of aliphatic hydroxyl groups excluding tert-OH is 1. The van der Waals surface area contributed by atoms with Crippen molar-refractivity contribution in [2.75, 3.05) is 18.6 Å². The average molecular weight is 303 g/mol. The van der Waals surface area contributed by atoms with Crippen molar-refractivity contribution in [3.05, 3.63) is 29.3 Å². The van der Waals surface area contributed by atoms with E-state index < -0.39 is 10.0 Å². The van der Waals surface area contributed by atoms with Crippen molar-refractivity contribution in [2.24, 2.45) is 5.92 Å². The molecule has 1 unspecified atom stereocenters. The van der Waals surface area contributed by atoms with Crippen LogP contribution < -0.4 is 4.72 Å². The molecular weight excluding hydrogens is 282 g/mol. The molecule has 1 aromatic carbocycles. The normalized spacial score (nSPS) is 13.5. The summed E-state index contributed by atoms with van der Waals surface area (Å²) in [6.45, 7) is 3.99. The van der Waals surface area contributed by atoms with Crippen LogP contribution in [-0.2, 0) is 16.6 Å². The SMILES string of the molecule is CSCC(C)CNS(=O)(=O)c1cccc(CO)c1C. The number of hydrogen-bond donors (Lipinski definition) is 2. The number of hydrogen-bond acceptors (Lipinski definition) is 4. The van der Waals surface area contributed by atoms with E-state index in [1.807, 2.05) is 13.2 Å². The maximum Gasteiger partial charge on any atom is 0.240 e. The smallest absolute Gasteiger partial charge is 0.240 e. The van der Waals surface area contributed by atoms with Crippen molar-refractivity contribution in [1.82, 2.24) is 4.72 Å². The highest BCUT2D eigenvalue weighted by Crippen LogP contribution is 2.19. The van der Waals surface area contributed by atoms with Crippen LogP contribution in [0, 0.1) is 12.8 Å². The van der Waals surface area contributed by atoms with Crippen molar-refractivity contribution >= 4 is 21.8 Å². The summed E-state index contributed by atoms with van der Waals surface area (Å²) in [6.07, 6.45) is 2.00. The lowest BCUT2D eigenvalue weighted by atomic mass is 10.1. The Labute approximate surface area is 119 Å². The molecule has 0 spiro atoms. The van der Waals surface area contributed by atoms with E-state index in [-0.39, 0.29) is 17.4 Å². The van der Waals surface area contributed by atoms with Gasteiger partial charge < -0.3 is 5.11 Å². The Morgan fingerprint density at radius 3 is 2.68 bits per heavy atom. The first-order valence-electron chi connectivity index (χ1n) is 6.10. The Balaban J connectivity index is 2.89. The number of rotatable bonds is 7. The van der Waals surface area contributed by atoms with Gasteiger partial charge in [-0.15, -0.1) is 0 Å². The molecule has 4 nitrogen and oxygen atoms in total. The number of sulfonamides is 1. The molecule has 19 heavy (non-hydrogen) atoms. The van der Waals surface area contributed by atoms with Crippen molar-refractivity contribution in [3.63, 3.8) is 0 Å². The third kappa shape index (κ3) is 4.49. The molecule has 1 atom stereocenters. The lowest BCUT2D eigenvalue weighted by Gasteiger charge is -2.14. The van der Waals surface area contributed by atoms with Gasteiger partial charge in [0.2, 0.25) is 10.0 Å². The molecule has 0 fully saturated rings. The van der Waals surface area contributed by atoms with Gasteiger partial charge in [0.15, 0.2) is 0 Å². The summed E-state index contributed by atoms with van der Waals surface area (Å²) in [6, 6.07) is 4.94. The summed E-state index contributed by atoms with van der Waals surface area (Å²) >= 11 is 1.70. The van der Waals surface area contributed by atoms with Crippen LogP contribution in [0.4, 0.5) is 0 Å². The second kappa shape index (κ2) is 7.28. The molecule has 0 aromatic heterocycles. The maximum absolute atomic E-state index is 12.2. The Kier molecular flexibility index (Phi) is 6.32. The standard InChI is InChI=1S/C13H21NO3S2/c1-10(9-18-3)7-14-19(16,17)13-6-4-5-12(8-15)11(13)2/h4-6,10,14-15H,7-9H2,1-3H3. The van der Waals surface area contributed by atoms with Gasteiger partial charge in [0.05, 0.1) is 11.5 Å². The fourth-order valence-electron chi connectivity index (χ4n) is 1.80. The molecular formula is C13H21NO3S2. The quantitative estimate of drug-likeness (QED) is 0.805. The van der Waals surface area contributed by atoms with Crippen LogP contribution in [0.1, 0.15) is 18.1 Å². The summed E-state index contributed by atoms with van der Waals surface area (Å²) in [5.74, 6) is 1.20. The summed E-state index contributed by atoms with van der Waals surface area (Å²) in [7, 11) is -3.51. The number of aliphatic hydroxyl groups is 1. The molecule has 0 heterocycles. The third-order valence-electron chi connectivity index (χ3n) is 2.93. The highest BCUT2D eigenvalue weighted by atomic mass is 32.2. The molecule has 0 radical (unpaired) electrons. The fourth-order valence-corrected chi connectivity index (χ4v) is 3.93. The zero-order valence-electron chi connectivity index (χ0n) is 11.5. The van der Waals surface area contributed by atoms with Gasteiger partial charge in [-0.05, 0) is 42.0 Å². The van der Waals surface area contributed by atoms with E-state index in [4.69, 9.17) is 0 Å². The van der Waals surface area contributed by atoms with Gasteiger partial charge >= 0.3 is 0 Å². The molecule has 6 heteroatoms. The monoisotopic (exact) mass is 303 g/mol. The van der Waals surface area contributed by atoms with Crippen molar-refractivity contribution in [1.29, 1.82) is 0 Å². The molecule has 2 N–H and O–H groups in total. The van der Waals surface area contributed by atoms with Crippen LogP contribution in [-0.4, -0.2) is 32.1 Å². The van der Waals surface area contributed by atoms with E-state index in [2.05, 4.69) is 4.72 Å².